The number of halogens is 1. The summed E-state index contributed by atoms with van der Waals surface area (Å²) in [4.78, 5) is 16.1. The Bertz CT molecular complexity index is 604. The highest BCUT2D eigenvalue weighted by Crippen LogP contribution is 2.36. The minimum Gasteiger partial charge on any atom is -0.331 e. The zero-order valence-corrected chi connectivity index (χ0v) is 14.3. The number of hydrogen-bond acceptors (Lipinski definition) is 3. The van der Waals surface area contributed by atoms with Crippen LogP contribution in [0.2, 0.25) is 0 Å². The quantitative estimate of drug-likeness (QED) is 0.673. The van der Waals surface area contributed by atoms with E-state index in [1.54, 1.807) is 11.3 Å². The highest BCUT2D eigenvalue weighted by molar-refractivity contribution is 14.1. The Hall–Kier alpha value is -0.400. The highest BCUT2D eigenvalue weighted by atomic mass is 127. The van der Waals surface area contributed by atoms with Gasteiger partial charge in [-0.15, -0.1) is 22.7 Å². The molecule has 1 atom stereocenters. The average Bonchev–Trinajstić information content (AvgIpc) is 3.04. The van der Waals surface area contributed by atoms with Crippen LogP contribution in [0, 0.1) is 2.88 Å². The van der Waals surface area contributed by atoms with Crippen molar-refractivity contribution in [1.82, 2.24) is 4.90 Å². The Kier molecular flexibility index (Phi) is 3.96. The van der Waals surface area contributed by atoms with E-state index >= 15 is 0 Å². The number of hydrogen-bond donors (Lipinski definition) is 0. The summed E-state index contributed by atoms with van der Waals surface area (Å²) in [7, 11) is 0. The van der Waals surface area contributed by atoms with E-state index in [4.69, 9.17) is 0 Å². The molecule has 3 rings (SSSR count). The van der Waals surface area contributed by atoms with Gasteiger partial charge in [0.15, 0.2) is 0 Å². The van der Waals surface area contributed by atoms with Crippen LogP contribution in [0.5, 0.6) is 0 Å². The van der Waals surface area contributed by atoms with E-state index < -0.39 is 0 Å². The van der Waals surface area contributed by atoms with Gasteiger partial charge >= 0.3 is 0 Å². The van der Waals surface area contributed by atoms with E-state index in [0.29, 0.717) is 0 Å². The number of fused-ring (bicyclic) bond motifs is 1. The van der Waals surface area contributed by atoms with Gasteiger partial charge in [-0.1, -0.05) is 6.92 Å². The molecular formula is C14H14INOS2. The topological polar surface area (TPSA) is 20.3 Å². The van der Waals surface area contributed by atoms with Gasteiger partial charge in [0.2, 0.25) is 0 Å². The number of carbonyl (C=O) groups excluding carboxylic acids is 1. The molecule has 2 aromatic rings. The molecule has 1 amide bonds. The predicted octanol–water partition coefficient (Wildman–Crippen LogP) is 4.56. The van der Waals surface area contributed by atoms with Crippen molar-refractivity contribution < 1.29 is 4.79 Å². The zero-order valence-electron chi connectivity index (χ0n) is 10.6. The normalized spacial score (nSPS) is 18.4. The summed E-state index contributed by atoms with van der Waals surface area (Å²) in [5.41, 5.74) is 2.20. The van der Waals surface area contributed by atoms with Crippen LogP contribution in [-0.2, 0) is 6.42 Å². The minimum absolute atomic E-state index is 0.183. The number of rotatable bonds is 2. The molecule has 5 heteroatoms. The summed E-state index contributed by atoms with van der Waals surface area (Å²) in [6.45, 7) is 3.01. The molecule has 100 valence electrons. The van der Waals surface area contributed by atoms with Gasteiger partial charge in [-0.3, -0.25) is 4.79 Å². The molecule has 0 aromatic carbocycles. The van der Waals surface area contributed by atoms with Crippen molar-refractivity contribution in [2.75, 3.05) is 6.54 Å². The lowest BCUT2D eigenvalue weighted by atomic mass is 9.97. The van der Waals surface area contributed by atoms with Crippen molar-refractivity contribution in [3.05, 3.63) is 41.8 Å². The van der Waals surface area contributed by atoms with Gasteiger partial charge in [-0.2, -0.15) is 0 Å². The summed E-state index contributed by atoms with van der Waals surface area (Å²) >= 11 is 5.72. The molecule has 0 N–H and O–H groups in total. The SMILES string of the molecule is CCC1c2ccsc2CCN1C(=O)c1csc(I)c1. The standard InChI is InChI=1S/C14H14INOS2/c1-2-11-10-4-6-18-12(10)3-5-16(11)14(17)9-7-13(15)19-8-9/h4,6-8,11H,2-3,5H2,1H3. The molecule has 19 heavy (non-hydrogen) atoms. The maximum atomic E-state index is 12.6. The van der Waals surface area contributed by atoms with Crippen LogP contribution < -0.4 is 0 Å². The fraction of sp³-hybridized carbons (Fsp3) is 0.357. The molecule has 1 aliphatic heterocycles. The third kappa shape index (κ3) is 2.48. The van der Waals surface area contributed by atoms with E-state index in [1.165, 1.54) is 13.3 Å². The first kappa shape index (κ1) is 13.6. The Morgan fingerprint density at radius 2 is 2.37 bits per heavy atom. The Labute approximate surface area is 134 Å². The predicted molar refractivity (Wildman–Crippen MR) is 89.1 cm³/mol. The van der Waals surface area contributed by atoms with Crippen molar-refractivity contribution in [1.29, 1.82) is 0 Å². The number of amides is 1. The molecule has 1 unspecified atom stereocenters. The summed E-state index contributed by atoms with van der Waals surface area (Å²) < 4.78 is 1.17. The van der Waals surface area contributed by atoms with Crippen LogP contribution in [0.25, 0.3) is 0 Å². The molecule has 0 fully saturated rings. The average molecular weight is 403 g/mol. The molecular weight excluding hydrogens is 389 g/mol. The zero-order chi connectivity index (χ0) is 13.4. The van der Waals surface area contributed by atoms with Gasteiger partial charge in [0.1, 0.15) is 0 Å². The maximum Gasteiger partial charge on any atom is 0.255 e. The van der Waals surface area contributed by atoms with E-state index in [9.17, 15) is 4.79 Å². The number of nitrogens with zero attached hydrogens (tertiary/aromatic N) is 1. The lowest BCUT2D eigenvalue weighted by Gasteiger charge is -2.35. The fourth-order valence-corrected chi connectivity index (χ4v) is 4.92. The summed E-state index contributed by atoms with van der Waals surface area (Å²) in [6.07, 6.45) is 1.98. The van der Waals surface area contributed by atoms with Crippen LogP contribution in [0.4, 0.5) is 0 Å². The molecule has 0 saturated carbocycles. The monoisotopic (exact) mass is 403 g/mol. The molecule has 0 bridgehead atoms. The number of thiophene rings is 2. The van der Waals surface area contributed by atoms with Gasteiger partial charge in [0.05, 0.1) is 14.5 Å². The second-order valence-electron chi connectivity index (χ2n) is 4.61. The first-order valence-electron chi connectivity index (χ1n) is 6.32. The van der Waals surface area contributed by atoms with Crippen molar-refractivity contribution in [2.24, 2.45) is 0 Å². The summed E-state index contributed by atoms with van der Waals surface area (Å²) in [5, 5.41) is 4.12. The van der Waals surface area contributed by atoms with E-state index in [2.05, 4.69) is 41.0 Å². The highest BCUT2D eigenvalue weighted by Gasteiger charge is 2.31. The van der Waals surface area contributed by atoms with E-state index in [0.717, 1.165) is 24.9 Å². The van der Waals surface area contributed by atoms with Crippen molar-refractivity contribution in [3.63, 3.8) is 0 Å². The number of carbonyl (C=O) groups is 1. The first-order valence-corrected chi connectivity index (χ1v) is 9.15. The molecule has 3 heterocycles. The van der Waals surface area contributed by atoms with Crippen LogP contribution in [0.3, 0.4) is 0 Å². The molecule has 2 aromatic heterocycles. The van der Waals surface area contributed by atoms with Crippen molar-refractivity contribution >= 4 is 51.2 Å². The lowest BCUT2D eigenvalue weighted by Crippen LogP contribution is -2.39. The third-order valence-corrected chi connectivity index (χ3v) is 6.34. The third-order valence-electron chi connectivity index (χ3n) is 3.56. The molecule has 0 radical (unpaired) electrons. The van der Waals surface area contributed by atoms with E-state index in [-0.39, 0.29) is 11.9 Å². The summed E-state index contributed by atoms with van der Waals surface area (Å²) in [5.74, 6) is 0.183. The van der Waals surface area contributed by atoms with Crippen molar-refractivity contribution in [2.45, 2.75) is 25.8 Å². The first-order chi connectivity index (χ1) is 9.20. The fourth-order valence-electron chi connectivity index (χ4n) is 2.67. The van der Waals surface area contributed by atoms with Crippen molar-refractivity contribution in [3.8, 4) is 0 Å². The smallest absolute Gasteiger partial charge is 0.255 e. The second kappa shape index (κ2) is 5.54. The minimum atomic E-state index is 0.183. The van der Waals surface area contributed by atoms with Crippen LogP contribution in [0.15, 0.2) is 22.9 Å². The summed E-state index contributed by atoms with van der Waals surface area (Å²) in [6, 6.07) is 4.43. The maximum absolute atomic E-state index is 12.6. The molecule has 2 nitrogen and oxygen atoms in total. The molecule has 0 saturated heterocycles. The second-order valence-corrected chi connectivity index (χ2v) is 8.42. The van der Waals surface area contributed by atoms with Crippen LogP contribution >= 0.6 is 45.3 Å². The van der Waals surface area contributed by atoms with Gasteiger partial charge in [-0.25, -0.2) is 0 Å². The van der Waals surface area contributed by atoms with Crippen LogP contribution in [0.1, 0.15) is 40.2 Å². The van der Waals surface area contributed by atoms with Gasteiger partial charge in [0, 0.05) is 16.8 Å². The molecule has 1 aliphatic rings. The van der Waals surface area contributed by atoms with Gasteiger partial charge < -0.3 is 4.90 Å². The van der Waals surface area contributed by atoms with E-state index in [1.807, 2.05) is 27.7 Å². The lowest BCUT2D eigenvalue weighted by molar-refractivity contribution is 0.0658. The Balaban J connectivity index is 1.91. The Morgan fingerprint density at radius 1 is 1.53 bits per heavy atom. The molecule has 0 aliphatic carbocycles. The largest absolute Gasteiger partial charge is 0.331 e. The van der Waals surface area contributed by atoms with Gasteiger partial charge in [0.25, 0.3) is 5.91 Å². The Morgan fingerprint density at radius 3 is 3.05 bits per heavy atom. The van der Waals surface area contributed by atoms with Crippen LogP contribution in [-0.4, -0.2) is 17.4 Å². The molecule has 0 spiro atoms. The van der Waals surface area contributed by atoms with Gasteiger partial charge in [-0.05, 0) is 58.5 Å².